The van der Waals surface area contributed by atoms with Crippen LogP contribution in [0.3, 0.4) is 0 Å². The van der Waals surface area contributed by atoms with Gasteiger partial charge in [-0.3, -0.25) is 4.90 Å². The maximum Gasteiger partial charge on any atom is 0.317 e. The SMILES string of the molecule is CC1CCN(C(=O)NC2CCN(C(C)c3ccccc3)C2)CC1. The number of piperidine rings is 1. The molecule has 0 bridgehead atoms. The minimum atomic E-state index is 0.135. The van der Waals surface area contributed by atoms with Crippen LogP contribution in [0.5, 0.6) is 0 Å². The van der Waals surface area contributed by atoms with Crippen molar-refractivity contribution in [1.29, 1.82) is 0 Å². The van der Waals surface area contributed by atoms with Crippen LogP contribution in [0.25, 0.3) is 0 Å². The first kappa shape index (κ1) is 16.3. The van der Waals surface area contributed by atoms with Gasteiger partial charge in [0.1, 0.15) is 0 Å². The molecule has 2 unspecified atom stereocenters. The van der Waals surface area contributed by atoms with E-state index in [4.69, 9.17) is 0 Å². The fourth-order valence-corrected chi connectivity index (χ4v) is 3.68. The number of amides is 2. The van der Waals surface area contributed by atoms with Crippen molar-refractivity contribution in [3.8, 4) is 0 Å². The second-order valence-corrected chi connectivity index (χ2v) is 7.19. The van der Waals surface area contributed by atoms with E-state index in [1.165, 1.54) is 5.56 Å². The Morgan fingerprint density at radius 3 is 2.52 bits per heavy atom. The number of hydrogen-bond acceptors (Lipinski definition) is 2. The van der Waals surface area contributed by atoms with Crippen LogP contribution in [-0.4, -0.2) is 48.1 Å². The summed E-state index contributed by atoms with van der Waals surface area (Å²) in [6.07, 6.45) is 3.32. The maximum atomic E-state index is 12.4. The molecule has 0 aromatic heterocycles. The third kappa shape index (κ3) is 4.05. The molecule has 0 aliphatic carbocycles. The zero-order valence-corrected chi connectivity index (χ0v) is 14.4. The molecule has 2 amide bonds. The molecule has 4 nitrogen and oxygen atoms in total. The van der Waals surface area contributed by atoms with Gasteiger partial charge < -0.3 is 10.2 Å². The third-order valence-electron chi connectivity index (χ3n) is 5.45. The van der Waals surface area contributed by atoms with Crippen LogP contribution in [0.2, 0.25) is 0 Å². The van der Waals surface area contributed by atoms with E-state index in [9.17, 15) is 4.79 Å². The van der Waals surface area contributed by atoms with E-state index in [0.717, 1.165) is 51.4 Å². The van der Waals surface area contributed by atoms with Gasteiger partial charge in [0, 0.05) is 38.3 Å². The molecule has 0 radical (unpaired) electrons. The highest BCUT2D eigenvalue weighted by Crippen LogP contribution is 2.24. The van der Waals surface area contributed by atoms with Crippen LogP contribution in [0.15, 0.2) is 30.3 Å². The number of hydrogen-bond donors (Lipinski definition) is 1. The molecule has 1 aromatic carbocycles. The summed E-state index contributed by atoms with van der Waals surface area (Å²) in [5.41, 5.74) is 1.35. The molecule has 1 N–H and O–H groups in total. The van der Waals surface area contributed by atoms with E-state index in [2.05, 4.69) is 54.4 Å². The molecule has 2 fully saturated rings. The Bertz CT molecular complexity index is 511. The van der Waals surface area contributed by atoms with Gasteiger partial charge in [-0.2, -0.15) is 0 Å². The van der Waals surface area contributed by atoms with Gasteiger partial charge >= 0.3 is 6.03 Å². The molecule has 2 heterocycles. The zero-order valence-electron chi connectivity index (χ0n) is 14.4. The quantitative estimate of drug-likeness (QED) is 0.929. The third-order valence-corrected chi connectivity index (χ3v) is 5.45. The molecule has 1 aromatic rings. The second kappa shape index (κ2) is 7.35. The van der Waals surface area contributed by atoms with Gasteiger partial charge in [0.2, 0.25) is 0 Å². The van der Waals surface area contributed by atoms with Crippen molar-refractivity contribution in [3.63, 3.8) is 0 Å². The molecule has 0 saturated carbocycles. The number of carbonyl (C=O) groups excluding carboxylic acids is 1. The standard InChI is InChI=1S/C19H29N3O/c1-15-8-11-21(12-9-15)19(23)20-18-10-13-22(14-18)16(2)17-6-4-3-5-7-17/h3-7,15-16,18H,8-14H2,1-2H3,(H,20,23). The summed E-state index contributed by atoms with van der Waals surface area (Å²) >= 11 is 0. The Hall–Kier alpha value is -1.55. The van der Waals surface area contributed by atoms with Crippen molar-refractivity contribution < 1.29 is 4.79 Å². The molecule has 2 atom stereocenters. The van der Waals surface area contributed by atoms with Crippen molar-refractivity contribution in [1.82, 2.24) is 15.1 Å². The van der Waals surface area contributed by atoms with Gasteiger partial charge in [0.25, 0.3) is 0 Å². The lowest BCUT2D eigenvalue weighted by molar-refractivity contribution is 0.169. The Labute approximate surface area is 139 Å². The van der Waals surface area contributed by atoms with Gasteiger partial charge in [0.05, 0.1) is 0 Å². The van der Waals surface area contributed by atoms with Gasteiger partial charge in [-0.15, -0.1) is 0 Å². The molecule has 3 rings (SSSR count). The van der Waals surface area contributed by atoms with Crippen LogP contribution < -0.4 is 5.32 Å². The molecule has 126 valence electrons. The minimum absolute atomic E-state index is 0.135. The lowest BCUT2D eigenvalue weighted by Gasteiger charge is -2.31. The van der Waals surface area contributed by atoms with Crippen molar-refractivity contribution in [2.24, 2.45) is 5.92 Å². The van der Waals surface area contributed by atoms with Gasteiger partial charge in [-0.1, -0.05) is 37.3 Å². The summed E-state index contributed by atoms with van der Waals surface area (Å²) in [6.45, 7) is 8.35. The molecule has 2 aliphatic heterocycles. The highest BCUT2D eigenvalue weighted by Gasteiger charge is 2.29. The smallest absolute Gasteiger partial charge is 0.317 e. The summed E-state index contributed by atoms with van der Waals surface area (Å²) in [5.74, 6) is 0.757. The molecule has 23 heavy (non-hydrogen) atoms. The highest BCUT2D eigenvalue weighted by molar-refractivity contribution is 5.74. The first-order valence-corrected chi connectivity index (χ1v) is 8.98. The number of urea groups is 1. The van der Waals surface area contributed by atoms with Gasteiger partial charge in [-0.25, -0.2) is 4.79 Å². The normalized spacial score (nSPS) is 24.6. The monoisotopic (exact) mass is 315 g/mol. The van der Waals surface area contributed by atoms with Gasteiger partial charge in [0.15, 0.2) is 0 Å². The van der Waals surface area contributed by atoms with E-state index in [1.807, 2.05) is 4.90 Å². The summed E-state index contributed by atoms with van der Waals surface area (Å²) in [6, 6.07) is 11.5. The molecular weight excluding hydrogens is 286 g/mol. The Morgan fingerprint density at radius 2 is 1.83 bits per heavy atom. The average Bonchev–Trinajstić information content (AvgIpc) is 3.04. The predicted molar refractivity (Wildman–Crippen MR) is 93.3 cm³/mol. The number of nitrogens with one attached hydrogen (secondary N) is 1. The van der Waals surface area contributed by atoms with Crippen molar-refractivity contribution in [3.05, 3.63) is 35.9 Å². The lowest BCUT2D eigenvalue weighted by atomic mass is 10.00. The second-order valence-electron chi connectivity index (χ2n) is 7.19. The van der Waals surface area contributed by atoms with Crippen molar-refractivity contribution >= 4 is 6.03 Å². The summed E-state index contributed by atoms with van der Waals surface area (Å²) < 4.78 is 0. The predicted octanol–water partition coefficient (Wildman–Crippen LogP) is 3.26. The van der Waals surface area contributed by atoms with E-state index in [0.29, 0.717) is 6.04 Å². The fourth-order valence-electron chi connectivity index (χ4n) is 3.68. The number of nitrogens with zero attached hydrogens (tertiary/aromatic N) is 2. The zero-order chi connectivity index (χ0) is 16.2. The lowest BCUT2D eigenvalue weighted by Crippen LogP contribution is -2.48. The van der Waals surface area contributed by atoms with E-state index in [1.54, 1.807) is 0 Å². The Kier molecular flexibility index (Phi) is 5.21. The van der Waals surface area contributed by atoms with Crippen LogP contribution in [-0.2, 0) is 0 Å². The average molecular weight is 315 g/mol. The number of carbonyl (C=O) groups is 1. The summed E-state index contributed by atoms with van der Waals surface area (Å²) in [4.78, 5) is 16.9. The van der Waals surface area contributed by atoms with E-state index >= 15 is 0 Å². The largest absolute Gasteiger partial charge is 0.334 e. The molecule has 4 heteroatoms. The number of benzene rings is 1. The van der Waals surface area contributed by atoms with Crippen molar-refractivity contribution in [2.75, 3.05) is 26.2 Å². The number of likely N-dealkylation sites (tertiary alicyclic amines) is 2. The highest BCUT2D eigenvalue weighted by atomic mass is 16.2. The van der Waals surface area contributed by atoms with Crippen LogP contribution in [0.4, 0.5) is 4.79 Å². The Balaban J connectivity index is 1.49. The van der Waals surface area contributed by atoms with Crippen LogP contribution in [0, 0.1) is 5.92 Å². The maximum absolute atomic E-state index is 12.4. The molecule has 0 spiro atoms. The van der Waals surface area contributed by atoms with Crippen LogP contribution in [0.1, 0.15) is 44.7 Å². The topological polar surface area (TPSA) is 35.6 Å². The van der Waals surface area contributed by atoms with Crippen molar-refractivity contribution in [2.45, 2.75) is 45.2 Å². The molecule has 2 aliphatic rings. The Morgan fingerprint density at radius 1 is 1.13 bits per heavy atom. The summed E-state index contributed by atoms with van der Waals surface area (Å²) in [7, 11) is 0. The van der Waals surface area contributed by atoms with Crippen LogP contribution >= 0.6 is 0 Å². The molecule has 2 saturated heterocycles. The first-order valence-electron chi connectivity index (χ1n) is 8.98. The summed E-state index contributed by atoms with van der Waals surface area (Å²) in [5, 5.41) is 3.25. The van der Waals surface area contributed by atoms with Gasteiger partial charge in [-0.05, 0) is 37.7 Å². The fraction of sp³-hybridized carbons (Fsp3) is 0.632. The van der Waals surface area contributed by atoms with E-state index < -0.39 is 0 Å². The van der Waals surface area contributed by atoms with E-state index in [-0.39, 0.29) is 12.1 Å². The molecular formula is C19H29N3O. The first-order chi connectivity index (χ1) is 11.1. The minimum Gasteiger partial charge on any atom is -0.334 e. The number of rotatable bonds is 3.